The average Bonchev–Trinajstić information content (AvgIpc) is 2.20. The van der Waals surface area contributed by atoms with E-state index in [0.29, 0.717) is 12.8 Å². The Hall–Kier alpha value is -1.12. The van der Waals surface area contributed by atoms with Crippen LogP contribution >= 0.6 is 0 Å². The Morgan fingerprint density at radius 2 is 2.36 bits per heavy atom. The first-order valence-electron chi connectivity index (χ1n) is 4.93. The van der Waals surface area contributed by atoms with Gasteiger partial charge >= 0.3 is 5.97 Å². The number of rotatable bonds is 3. The molecule has 0 aromatic rings. The summed E-state index contributed by atoms with van der Waals surface area (Å²) in [6.07, 6.45) is 4.75. The molecule has 1 aliphatic carbocycles. The zero-order chi connectivity index (χ0) is 10.6. The summed E-state index contributed by atoms with van der Waals surface area (Å²) in [7, 11) is 1.37. The van der Waals surface area contributed by atoms with Crippen molar-refractivity contribution >= 4 is 11.8 Å². The molecule has 1 aliphatic rings. The van der Waals surface area contributed by atoms with E-state index in [1.165, 1.54) is 7.11 Å². The molecular weight excluding hydrogens is 180 g/mol. The lowest BCUT2D eigenvalue weighted by atomic mass is 9.85. The number of carbonyl (C=O) groups excluding carboxylic acids is 2. The minimum atomic E-state index is -0.231. The third-order valence-electron chi connectivity index (χ3n) is 2.65. The van der Waals surface area contributed by atoms with Gasteiger partial charge < -0.3 is 4.74 Å². The lowest BCUT2D eigenvalue weighted by molar-refractivity contribution is -0.141. The molecule has 0 amide bonds. The molecule has 3 nitrogen and oxygen atoms in total. The summed E-state index contributed by atoms with van der Waals surface area (Å²) in [6.45, 7) is 1.84. The van der Waals surface area contributed by atoms with Crippen LogP contribution in [0.25, 0.3) is 0 Å². The lowest BCUT2D eigenvalue weighted by Gasteiger charge is -2.18. The SMILES string of the molecule is COC(=O)CCC1CCC=C(C)C1=O. The second-order valence-electron chi connectivity index (χ2n) is 3.64. The number of ketones is 1. The van der Waals surface area contributed by atoms with E-state index in [-0.39, 0.29) is 17.7 Å². The molecule has 14 heavy (non-hydrogen) atoms. The van der Waals surface area contributed by atoms with Crippen molar-refractivity contribution in [2.45, 2.75) is 32.6 Å². The van der Waals surface area contributed by atoms with Gasteiger partial charge in [-0.25, -0.2) is 0 Å². The minimum absolute atomic E-state index is 0.0269. The molecule has 0 aromatic carbocycles. The highest BCUT2D eigenvalue weighted by molar-refractivity contribution is 5.97. The highest BCUT2D eigenvalue weighted by Gasteiger charge is 2.23. The van der Waals surface area contributed by atoms with E-state index in [1.807, 2.05) is 13.0 Å². The van der Waals surface area contributed by atoms with Crippen molar-refractivity contribution in [1.82, 2.24) is 0 Å². The van der Waals surface area contributed by atoms with Gasteiger partial charge in [0.25, 0.3) is 0 Å². The van der Waals surface area contributed by atoms with Gasteiger partial charge in [0.05, 0.1) is 7.11 Å². The van der Waals surface area contributed by atoms with Gasteiger partial charge in [0.15, 0.2) is 5.78 Å². The summed E-state index contributed by atoms with van der Waals surface area (Å²) in [5.41, 5.74) is 0.839. The maximum atomic E-state index is 11.6. The molecule has 3 heteroatoms. The van der Waals surface area contributed by atoms with Gasteiger partial charge in [-0.05, 0) is 31.8 Å². The first-order chi connectivity index (χ1) is 6.65. The van der Waals surface area contributed by atoms with E-state index < -0.39 is 0 Å². The maximum absolute atomic E-state index is 11.6. The zero-order valence-corrected chi connectivity index (χ0v) is 8.71. The Morgan fingerprint density at radius 3 is 3.00 bits per heavy atom. The quantitative estimate of drug-likeness (QED) is 0.647. The second kappa shape index (κ2) is 4.94. The largest absolute Gasteiger partial charge is 0.469 e. The predicted molar refractivity (Wildman–Crippen MR) is 52.7 cm³/mol. The standard InChI is InChI=1S/C11H16O3/c1-8-4-3-5-9(11(8)13)6-7-10(12)14-2/h4,9H,3,5-7H2,1-2H3. The van der Waals surface area contributed by atoms with E-state index in [4.69, 9.17) is 0 Å². The zero-order valence-electron chi connectivity index (χ0n) is 8.71. The Balaban J connectivity index is 2.43. The van der Waals surface area contributed by atoms with Gasteiger partial charge in [-0.3, -0.25) is 9.59 Å². The molecule has 0 fully saturated rings. The summed E-state index contributed by atoms with van der Waals surface area (Å²) in [5, 5.41) is 0. The highest BCUT2D eigenvalue weighted by atomic mass is 16.5. The molecule has 0 saturated carbocycles. The number of carbonyl (C=O) groups is 2. The lowest BCUT2D eigenvalue weighted by Crippen LogP contribution is -2.20. The number of Topliss-reactive ketones (excluding diaryl/α,β-unsaturated/α-hetero) is 1. The van der Waals surface area contributed by atoms with Crippen LogP contribution in [0.15, 0.2) is 11.6 Å². The highest BCUT2D eigenvalue weighted by Crippen LogP contribution is 2.24. The van der Waals surface area contributed by atoms with Gasteiger partial charge in [0, 0.05) is 12.3 Å². The summed E-state index contributed by atoms with van der Waals surface area (Å²) in [5.74, 6) is -0.00995. The van der Waals surface area contributed by atoms with Crippen LogP contribution in [-0.2, 0) is 14.3 Å². The predicted octanol–water partition coefficient (Wildman–Crippen LogP) is 1.86. The van der Waals surface area contributed by atoms with Gasteiger partial charge in [-0.15, -0.1) is 0 Å². The second-order valence-corrected chi connectivity index (χ2v) is 3.64. The fraction of sp³-hybridized carbons (Fsp3) is 0.636. The maximum Gasteiger partial charge on any atom is 0.305 e. The van der Waals surface area contributed by atoms with Crippen LogP contribution in [-0.4, -0.2) is 18.9 Å². The Kier molecular flexibility index (Phi) is 3.86. The number of ether oxygens (including phenoxy) is 1. The van der Waals surface area contributed by atoms with E-state index in [0.717, 1.165) is 18.4 Å². The number of hydrogen-bond acceptors (Lipinski definition) is 3. The van der Waals surface area contributed by atoms with Crippen LogP contribution in [0.4, 0.5) is 0 Å². The Labute approximate surface area is 84.1 Å². The first-order valence-corrected chi connectivity index (χ1v) is 4.93. The Bertz CT molecular complexity index is 266. The molecule has 78 valence electrons. The summed E-state index contributed by atoms with van der Waals surface area (Å²) in [6, 6.07) is 0. The van der Waals surface area contributed by atoms with Crippen molar-refractivity contribution in [2.24, 2.45) is 5.92 Å². The topological polar surface area (TPSA) is 43.4 Å². The fourth-order valence-corrected chi connectivity index (χ4v) is 1.72. The molecule has 1 atom stereocenters. The molecule has 0 heterocycles. The van der Waals surface area contributed by atoms with Crippen LogP contribution in [0.2, 0.25) is 0 Å². The molecule has 0 radical (unpaired) electrons. The molecule has 0 bridgehead atoms. The number of esters is 1. The van der Waals surface area contributed by atoms with Crippen molar-refractivity contribution < 1.29 is 14.3 Å². The van der Waals surface area contributed by atoms with E-state index in [1.54, 1.807) is 0 Å². The summed E-state index contributed by atoms with van der Waals surface area (Å²) >= 11 is 0. The molecule has 0 N–H and O–H groups in total. The molecule has 0 aromatic heterocycles. The van der Waals surface area contributed by atoms with Crippen LogP contribution in [0.5, 0.6) is 0 Å². The van der Waals surface area contributed by atoms with Crippen LogP contribution in [0.3, 0.4) is 0 Å². The molecular formula is C11H16O3. The van der Waals surface area contributed by atoms with E-state index in [2.05, 4.69) is 4.74 Å². The van der Waals surface area contributed by atoms with Gasteiger partial charge in [0.2, 0.25) is 0 Å². The van der Waals surface area contributed by atoms with E-state index in [9.17, 15) is 9.59 Å². The van der Waals surface area contributed by atoms with Crippen molar-refractivity contribution in [1.29, 1.82) is 0 Å². The third kappa shape index (κ3) is 2.69. The Morgan fingerprint density at radius 1 is 1.64 bits per heavy atom. The van der Waals surface area contributed by atoms with Crippen LogP contribution in [0.1, 0.15) is 32.6 Å². The molecule has 0 saturated heterocycles. The van der Waals surface area contributed by atoms with Crippen molar-refractivity contribution in [3.8, 4) is 0 Å². The van der Waals surface area contributed by atoms with Crippen LogP contribution < -0.4 is 0 Å². The molecule has 1 unspecified atom stereocenters. The summed E-state index contributed by atoms with van der Waals surface area (Å²) in [4.78, 5) is 22.5. The molecule has 1 rings (SSSR count). The van der Waals surface area contributed by atoms with E-state index >= 15 is 0 Å². The average molecular weight is 196 g/mol. The van der Waals surface area contributed by atoms with Gasteiger partial charge in [-0.2, -0.15) is 0 Å². The summed E-state index contributed by atoms with van der Waals surface area (Å²) < 4.78 is 4.54. The van der Waals surface area contributed by atoms with Crippen molar-refractivity contribution in [3.63, 3.8) is 0 Å². The minimum Gasteiger partial charge on any atom is -0.469 e. The number of allylic oxidation sites excluding steroid dienone is 2. The van der Waals surface area contributed by atoms with Gasteiger partial charge in [0.1, 0.15) is 0 Å². The molecule has 0 aliphatic heterocycles. The number of hydrogen-bond donors (Lipinski definition) is 0. The van der Waals surface area contributed by atoms with Crippen molar-refractivity contribution in [2.75, 3.05) is 7.11 Å². The third-order valence-corrected chi connectivity index (χ3v) is 2.65. The smallest absolute Gasteiger partial charge is 0.305 e. The monoisotopic (exact) mass is 196 g/mol. The normalized spacial score (nSPS) is 21.7. The number of methoxy groups -OCH3 is 1. The first kappa shape index (κ1) is 11.0. The van der Waals surface area contributed by atoms with Gasteiger partial charge in [-0.1, -0.05) is 6.08 Å². The fourth-order valence-electron chi connectivity index (χ4n) is 1.72. The van der Waals surface area contributed by atoms with Crippen molar-refractivity contribution in [3.05, 3.63) is 11.6 Å². The van der Waals surface area contributed by atoms with Crippen LogP contribution in [0, 0.1) is 5.92 Å². The molecule has 0 spiro atoms.